The molecule has 3 aromatic rings. The summed E-state index contributed by atoms with van der Waals surface area (Å²) in [7, 11) is 0. The van der Waals surface area contributed by atoms with Crippen LogP contribution in [0.3, 0.4) is 0 Å². The van der Waals surface area contributed by atoms with E-state index in [2.05, 4.69) is 42.0 Å². The van der Waals surface area contributed by atoms with E-state index in [9.17, 15) is 4.79 Å². The van der Waals surface area contributed by atoms with E-state index >= 15 is 0 Å². The Morgan fingerprint density at radius 3 is 2.83 bits per heavy atom. The number of hydrogen-bond donors (Lipinski definition) is 3. The van der Waals surface area contributed by atoms with Crippen LogP contribution >= 0.6 is 27.7 Å². The molecule has 2 aromatic carbocycles. The quantitative estimate of drug-likeness (QED) is 0.182. The number of aromatic nitrogens is 3. The van der Waals surface area contributed by atoms with Crippen LogP contribution in [0.25, 0.3) is 0 Å². The van der Waals surface area contributed by atoms with Crippen LogP contribution in [0.4, 0.5) is 11.6 Å². The molecule has 30 heavy (non-hydrogen) atoms. The maximum atomic E-state index is 12.2. The topological polar surface area (TPSA) is 119 Å². The van der Waals surface area contributed by atoms with Gasteiger partial charge in [-0.25, -0.2) is 10.1 Å². The van der Waals surface area contributed by atoms with Crippen molar-refractivity contribution in [2.24, 2.45) is 5.10 Å². The standard InChI is InChI=1S/C19H20BrN7O2S/c1-2-29-16-8-6-15(7-9-16)23-17(28)12-30-19-26-25-18(27(19)21)24-22-11-13-4-3-5-14(20)10-13/h3-11H,2,12,21H2,1H3,(H,23,28)(H,24,25)/b22-11+. The first kappa shape index (κ1) is 21.7. The third-order valence-corrected chi connectivity index (χ3v) is 5.11. The van der Waals surface area contributed by atoms with Gasteiger partial charge < -0.3 is 15.9 Å². The fourth-order valence-corrected chi connectivity index (χ4v) is 3.40. The minimum Gasteiger partial charge on any atom is -0.494 e. The van der Waals surface area contributed by atoms with Crippen molar-refractivity contribution in [3.05, 3.63) is 58.6 Å². The summed E-state index contributed by atoms with van der Waals surface area (Å²) in [5, 5.41) is 15.2. The highest BCUT2D eigenvalue weighted by Gasteiger charge is 2.12. The normalized spacial score (nSPS) is 10.9. The average molecular weight is 490 g/mol. The molecule has 0 aliphatic heterocycles. The number of nitrogens with one attached hydrogen (secondary N) is 2. The molecule has 3 rings (SSSR count). The molecule has 4 N–H and O–H groups in total. The van der Waals surface area contributed by atoms with Gasteiger partial charge in [-0.1, -0.05) is 39.8 Å². The van der Waals surface area contributed by atoms with E-state index in [0.717, 1.165) is 15.8 Å². The van der Waals surface area contributed by atoms with Crippen LogP contribution in [-0.2, 0) is 4.79 Å². The Morgan fingerprint density at radius 1 is 1.30 bits per heavy atom. The van der Waals surface area contributed by atoms with E-state index in [1.807, 2.05) is 31.2 Å². The van der Waals surface area contributed by atoms with Gasteiger partial charge in [0, 0.05) is 10.2 Å². The fourth-order valence-electron chi connectivity index (χ4n) is 2.33. The highest BCUT2D eigenvalue weighted by molar-refractivity contribution is 9.10. The van der Waals surface area contributed by atoms with Gasteiger partial charge in [0.25, 0.3) is 5.95 Å². The van der Waals surface area contributed by atoms with Gasteiger partial charge in [-0.3, -0.25) is 4.79 Å². The first-order chi connectivity index (χ1) is 14.5. The largest absolute Gasteiger partial charge is 0.494 e. The van der Waals surface area contributed by atoms with Crippen LogP contribution in [0.5, 0.6) is 5.75 Å². The summed E-state index contributed by atoms with van der Waals surface area (Å²) in [4.78, 5) is 12.2. The molecule has 0 radical (unpaired) electrons. The molecule has 1 heterocycles. The van der Waals surface area contributed by atoms with E-state index in [4.69, 9.17) is 10.6 Å². The molecule has 0 bridgehead atoms. The first-order valence-corrected chi connectivity index (χ1v) is 10.7. The Hall–Kier alpha value is -3.05. The lowest BCUT2D eigenvalue weighted by atomic mass is 10.2. The van der Waals surface area contributed by atoms with Crippen molar-refractivity contribution >= 4 is 51.4 Å². The van der Waals surface area contributed by atoms with Crippen LogP contribution in [0, 0.1) is 0 Å². The molecule has 1 amide bonds. The zero-order valence-electron chi connectivity index (χ0n) is 16.1. The number of amides is 1. The Bertz CT molecular complexity index is 1020. The summed E-state index contributed by atoms with van der Waals surface area (Å²) < 4.78 is 7.58. The van der Waals surface area contributed by atoms with Crippen LogP contribution in [0.1, 0.15) is 12.5 Å². The van der Waals surface area contributed by atoms with E-state index in [1.54, 1.807) is 30.5 Å². The number of nitrogen functional groups attached to an aromatic ring is 1. The summed E-state index contributed by atoms with van der Waals surface area (Å²) in [6, 6.07) is 14.8. The van der Waals surface area contributed by atoms with Crippen molar-refractivity contribution in [2.75, 3.05) is 28.9 Å². The fraction of sp³-hybridized carbons (Fsp3) is 0.158. The molecule has 0 saturated heterocycles. The number of nitrogens with zero attached hydrogens (tertiary/aromatic N) is 4. The number of hydrazone groups is 1. The molecular weight excluding hydrogens is 470 g/mol. The molecule has 1 aromatic heterocycles. The lowest BCUT2D eigenvalue weighted by Gasteiger charge is -2.07. The molecular formula is C19H20BrN7O2S. The summed E-state index contributed by atoms with van der Waals surface area (Å²) in [5.41, 5.74) is 4.32. The van der Waals surface area contributed by atoms with Crippen molar-refractivity contribution in [3.63, 3.8) is 0 Å². The zero-order chi connectivity index (χ0) is 21.3. The highest BCUT2D eigenvalue weighted by Crippen LogP contribution is 2.19. The summed E-state index contributed by atoms with van der Waals surface area (Å²) in [5.74, 6) is 6.93. The number of thioether (sulfide) groups is 1. The van der Waals surface area contributed by atoms with Crippen molar-refractivity contribution in [3.8, 4) is 5.75 Å². The molecule has 0 atom stereocenters. The summed E-state index contributed by atoms with van der Waals surface area (Å²) in [6.45, 7) is 2.51. The predicted molar refractivity (Wildman–Crippen MR) is 122 cm³/mol. The van der Waals surface area contributed by atoms with Gasteiger partial charge >= 0.3 is 0 Å². The van der Waals surface area contributed by atoms with Gasteiger partial charge in [0.15, 0.2) is 0 Å². The molecule has 156 valence electrons. The number of carbonyl (C=O) groups excluding carboxylic acids is 1. The second kappa shape index (κ2) is 10.6. The third-order valence-electron chi connectivity index (χ3n) is 3.67. The van der Waals surface area contributed by atoms with Crippen LogP contribution in [0.15, 0.2) is 63.3 Å². The van der Waals surface area contributed by atoms with Gasteiger partial charge in [0.2, 0.25) is 11.1 Å². The second-order valence-electron chi connectivity index (χ2n) is 5.90. The Morgan fingerprint density at radius 2 is 2.10 bits per heavy atom. The molecule has 9 nitrogen and oxygen atoms in total. The third kappa shape index (κ3) is 6.22. The maximum Gasteiger partial charge on any atom is 0.264 e. The number of anilines is 2. The first-order valence-electron chi connectivity index (χ1n) is 8.96. The number of hydrogen-bond acceptors (Lipinski definition) is 8. The number of nitrogens with two attached hydrogens (primary N) is 1. The smallest absolute Gasteiger partial charge is 0.264 e. The van der Waals surface area contributed by atoms with Gasteiger partial charge in [-0.2, -0.15) is 5.10 Å². The second-order valence-corrected chi connectivity index (χ2v) is 7.75. The monoisotopic (exact) mass is 489 g/mol. The van der Waals surface area contributed by atoms with Gasteiger partial charge in [0.1, 0.15) is 5.75 Å². The Kier molecular flexibility index (Phi) is 7.69. The Labute approximate surface area is 186 Å². The molecule has 11 heteroatoms. The minimum atomic E-state index is -0.186. The van der Waals surface area contributed by atoms with Gasteiger partial charge in [-0.05, 0) is 48.9 Å². The van der Waals surface area contributed by atoms with E-state index in [1.165, 1.54) is 16.4 Å². The van der Waals surface area contributed by atoms with E-state index in [0.29, 0.717) is 17.5 Å². The average Bonchev–Trinajstić information content (AvgIpc) is 3.08. The van der Waals surface area contributed by atoms with Crippen molar-refractivity contribution in [1.82, 2.24) is 14.9 Å². The molecule has 0 spiro atoms. The van der Waals surface area contributed by atoms with Gasteiger partial charge in [-0.15, -0.1) is 10.2 Å². The van der Waals surface area contributed by atoms with E-state index in [-0.39, 0.29) is 17.6 Å². The SMILES string of the molecule is CCOc1ccc(NC(=O)CSc2nnc(N/N=C/c3cccc(Br)c3)n2N)cc1. The van der Waals surface area contributed by atoms with Crippen molar-refractivity contribution < 1.29 is 9.53 Å². The molecule has 0 unspecified atom stereocenters. The van der Waals surface area contributed by atoms with Crippen LogP contribution < -0.4 is 21.3 Å². The summed E-state index contributed by atoms with van der Waals surface area (Å²) >= 11 is 4.57. The molecule has 0 fully saturated rings. The summed E-state index contributed by atoms with van der Waals surface area (Å²) in [6.07, 6.45) is 1.64. The number of halogens is 1. The van der Waals surface area contributed by atoms with E-state index < -0.39 is 0 Å². The minimum absolute atomic E-state index is 0.129. The Balaban J connectivity index is 1.50. The van der Waals surface area contributed by atoms with Crippen LogP contribution in [-0.4, -0.2) is 39.4 Å². The number of benzene rings is 2. The lowest BCUT2D eigenvalue weighted by molar-refractivity contribution is -0.113. The predicted octanol–water partition coefficient (Wildman–Crippen LogP) is 3.33. The number of rotatable bonds is 9. The van der Waals surface area contributed by atoms with Crippen molar-refractivity contribution in [2.45, 2.75) is 12.1 Å². The lowest BCUT2D eigenvalue weighted by Crippen LogP contribution is -2.16. The number of ether oxygens (including phenoxy) is 1. The van der Waals surface area contributed by atoms with Gasteiger partial charge in [0.05, 0.1) is 18.6 Å². The zero-order valence-corrected chi connectivity index (χ0v) is 18.5. The maximum absolute atomic E-state index is 12.2. The van der Waals surface area contributed by atoms with Crippen molar-refractivity contribution in [1.29, 1.82) is 0 Å². The molecule has 0 aliphatic rings. The number of carbonyl (C=O) groups is 1. The molecule has 0 aliphatic carbocycles. The molecule has 0 saturated carbocycles. The highest BCUT2D eigenvalue weighted by atomic mass is 79.9. The van der Waals surface area contributed by atoms with Crippen LogP contribution in [0.2, 0.25) is 0 Å².